The summed E-state index contributed by atoms with van der Waals surface area (Å²) in [4.78, 5) is 0.0353. The Kier molecular flexibility index (Phi) is 3.89. The van der Waals surface area contributed by atoms with Gasteiger partial charge in [0, 0.05) is 6.61 Å². The lowest BCUT2D eigenvalue weighted by molar-refractivity contribution is 0.00619. The molecule has 0 saturated carbocycles. The summed E-state index contributed by atoms with van der Waals surface area (Å²) in [5.74, 6) is 0.304. The molecular weight excluding hydrogens is 254 g/mol. The number of rotatable bonds is 3. The second-order valence-electron chi connectivity index (χ2n) is 4.45. The van der Waals surface area contributed by atoms with Crippen molar-refractivity contribution < 1.29 is 17.9 Å². The van der Waals surface area contributed by atoms with E-state index in [1.807, 2.05) is 6.92 Å². The van der Waals surface area contributed by atoms with Gasteiger partial charge in [0.15, 0.2) is 0 Å². The molecule has 0 radical (unpaired) electrons. The first kappa shape index (κ1) is 13.3. The molecule has 1 aromatic carbocycles. The Bertz CT molecular complexity index is 521. The summed E-state index contributed by atoms with van der Waals surface area (Å²) < 4.78 is 34.0. The quantitative estimate of drug-likeness (QED) is 0.896. The molecule has 100 valence electrons. The van der Waals surface area contributed by atoms with Gasteiger partial charge in [0.05, 0.1) is 6.61 Å². The maximum Gasteiger partial charge on any atom is 0.241 e. The molecule has 1 aromatic rings. The van der Waals surface area contributed by atoms with E-state index in [0.717, 1.165) is 25.0 Å². The number of ether oxygens (including phenoxy) is 2. The van der Waals surface area contributed by atoms with E-state index < -0.39 is 10.0 Å². The van der Waals surface area contributed by atoms with Gasteiger partial charge in [-0.2, -0.15) is 0 Å². The van der Waals surface area contributed by atoms with Gasteiger partial charge >= 0.3 is 0 Å². The van der Waals surface area contributed by atoms with Crippen LogP contribution in [0.1, 0.15) is 18.4 Å². The maximum absolute atomic E-state index is 11.5. The smallest absolute Gasteiger partial charge is 0.241 e. The fourth-order valence-corrected chi connectivity index (χ4v) is 2.67. The molecule has 1 heterocycles. The van der Waals surface area contributed by atoms with E-state index in [9.17, 15) is 8.42 Å². The predicted molar refractivity (Wildman–Crippen MR) is 67.0 cm³/mol. The minimum atomic E-state index is -3.77. The fraction of sp³-hybridized carbons (Fsp3) is 0.500. The molecule has 0 bridgehead atoms. The van der Waals surface area contributed by atoms with Crippen LogP contribution in [0.25, 0.3) is 0 Å². The number of hydrogen-bond donors (Lipinski definition) is 1. The Morgan fingerprint density at radius 2 is 2.22 bits per heavy atom. The molecule has 1 aliphatic rings. The molecule has 5 nitrogen and oxygen atoms in total. The molecule has 2 rings (SSSR count). The van der Waals surface area contributed by atoms with Crippen molar-refractivity contribution in [2.45, 2.75) is 30.8 Å². The zero-order chi connectivity index (χ0) is 13.2. The molecule has 1 saturated heterocycles. The Morgan fingerprint density at radius 3 is 2.83 bits per heavy atom. The second-order valence-corrected chi connectivity index (χ2v) is 5.98. The van der Waals surface area contributed by atoms with E-state index in [0.29, 0.717) is 12.4 Å². The van der Waals surface area contributed by atoms with Gasteiger partial charge in [-0.1, -0.05) is 6.07 Å². The monoisotopic (exact) mass is 271 g/mol. The summed E-state index contributed by atoms with van der Waals surface area (Å²) in [6.07, 6.45) is 1.67. The minimum Gasteiger partial charge on any atom is -0.487 e. The number of nitrogens with two attached hydrogens (primary N) is 1. The largest absolute Gasteiger partial charge is 0.487 e. The minimum absolute atomic E-state index is 0.0353. The topological polar surface area (TPSA) is 78.6 Å². The lowest BCUT2D eigenvalue weighted by Crippen LogP contribution is -2.29. The van der Waals surface area contributed by atoms with Gasteiger partial charge in [0.1, 0.15) is 16.7 Å². The van der Waals surface area contributed by atoms with Gasteiger partial charge < -0.3 is 9.47 Å². The number of primary sulfonamides is 1. The second kappa shape index (κ2) is 5.26. The van der Waals surface area contributed by atoms with Gasteiger partial charge in [-0.15, -0.1) is 0 Å². The van der Waals surface area contributed by atoms with Gasteiger partial charge in [-0.05, 0) is 37.5 Å². The first-order valence-electron chi connectivity index (χ1n) is 5.84. The highest BCUT2D eigenvalue weighted by Gasteiger charge is 2.20. The Balaban J connectivity index is 2.26. The molecule has 1 aliphatic heterocycles. The normalized spacial score (nSPS) is 20.7. The standard InChI is InChI=1S/C12H17NO4S/c1-9-4-5-11(12(7-9)18(13,14)15)17-10-3-2-6-16-8-10/h4-5,7,10H,2-3,6,8H2,1H3,(H2,13,14,15). The summed E-state index contributed by atoms with van der Waals surface area (Å²) in [5.41, 5.74) is 0.825. The van der Waals surface area contributed by atoms with Gasteiger partial charge in [0.2, 0.25) is 10.0 Å². The van der Waals surface area contributed by atoms with Crippen LogP contribution in [0.4, 0.5) is 0 Å². The first-order valence-corrected chi connectivity index (χ1v) is 7.39. The number of aryl methyl sites for hydroxylation is 1. The van der Waals surface area contributed by atoms with Gasteiger partial charge in [-0.3, -0.25) is 0 Å². The van der Waals surface area contributed by atoms with E-state index in [1.165, 1.54) is 6.07 Å². The molecule has 1 unspecified atom stereocenters. The van der Waals surface area contributed by atoms with E-state index in [2.05, 4.69) is 0 Å². The van der Waals surface area contributed by atoms with Crippen LogP contribution in [0.2, 0.25) is 0 Å². The van der Waals surface area contributed by atoms with Crippen molar-refractivity contribution in [2.75, 3.05) is 13.2 Å². The van der Waals surface area contributed by atoms with E-state index >= 15 is 0 Å². The molecule has 1 atom stereocenters. The predicted octanol–water partition coefficient (Wildman–Crippen LogP) is 1.20. The van der Waals surface area contributed by atoms with E-state index in [1.54, 1.807) is 12.1 Å². The molecule has 18 heavy (non-hydrogen) atoms. The highest BCUT2D eigenvalue weighted by molar-refractivity contribution is 7.89. The highest BCUT2D eigenvalue weighted by Crippen LogP contribution is 2.26. The van der Waals surface area contributed by atoms with Crippen LogP contribution < -0.4 is 9.88 Å². The fourth-order valence-electron chi connectivity index (χ4n) is 1.92. The van der Waals surface area contributed by atoms with Crippen molar-refractivity contribution >= 4 is 10.0 Å². The average molecular weight is 271 g/mol. The Morgan fingerprint density at radius 1 is 1.44 bits per heavy atom. The molecule has 0 spiro atoms. The third kappa shape index (κ3) is 3.22. The molecule has 0 aliphatic carbocycles. The number of sulfonamides is 1. The van der Waals surface area contributed by atoms with Crippen LogP contribution in [-0.2, 0) is 14.8 Å². The molecule has 0 aromatic heterocycles. The summed E-state index contributed by atoms with van der Waals surface area (Å²) in [6, 6.07) is 4.96. The summed E-state index contributed by atoms with van der Waals surface area (Å²) in [5, 5.41) is 5.19. The van der Waals surface area contributed by atoms with Crippen molar-refractivity contribution in [3.05, 3.63) is 23.8 Å². The van der Waals surface area contributed by atoms with E-state index in [-0.39, 0.29) is 11.0 Å². The van der Waals surface area contributed by atoms with Crippen LogP contribution in [0.3, 0.4) is 0 Å². The number of benzene rings is 1. The van der Waals surface area contributed by atoms with Gasteiger partial charge in [-0.25, -0.2) is 13.6 Å². The zero-order valence-corrected chi connectivity index (χ0v) is 11.1. The Labute approximate surface area is 107 Å². The molecule has 0 amide bonds. The van der Waals surface area contributed by atoms with Crippen LogP contribution in [0.15, 0.2) is 23.1 Å². The molecular formula is C12H17NO4S. The third-order valence-corrected chi connectivity index (χ3v) is 3.75. The van der Waals surface area contributed by atoms with Crippen molar-refractivity contribution in [2.24, 2.45) is 5.14 Å². The van der Waals surface area contributed by atoms with Crippen LogP contribution in [0, 0.1) is 6.92 Å². The maximum atomic E-state index is 11.5. The van der Waals surface area contributed by atoms with Crippen molar-refractivity contribution in [1.29, 1.82) is 0 Å². The van der Waals surface area contributed by atoms with Crippen LogP contribution in [0.5, 0.6) is 5.75 Å². The van der Waals surface area contributed by atoms with Crippen LogP contribution >= 0.6 is 0 Å². The molecule has 1 fully saturated rings. The lowest BCUT2D eigenvalue weighted by atomic mass is 10.1. The van der Waals surface area contributed by atoms with Crippen molar-refractivity contribution in [1.82, 2.24) is 0 Å². The number of hydrogen-bond acceptors (Lipinski definition) is 4. The summed E-state index contributed by atoms with van der Waals surface area (Å²) in [6.45, 7) is 3.02. The highest BCUT2D eigenvalue weighted by atomic mass is 32.2. The summed E-state index contributed by atoms with van der Waals surface area (Å²) >= 11 is 0. The molecule has 6 heteroatoms. The zero-order valence-electron chi connectivity index (χ0n) is 10.3. The molecule has 2 N–H and O–H groups in total. The van der Waals surface area contributed by atoms with E-state index in [4.69, 9.17) is 14.6 Å². The average Bonchev–Trinajstić information content (AvgIpc) is 2.31. The summed E-state index contributed by atoms with van der Waals surface area (Å²) in [7, 11) is -3.77. The third-order valence-electron chi connectivity index (χ3n) is 2.82. The lowest BCUT2D eigenvalue weighted by Gasteiger charge is -2.24. The Hall–Kier alpha value is -1.11. The first-order chi connectivity index (χ1) is 8.47. The van der Waals surface area contributed by atoms with Crippen molar-refractivity contribution in [3.8, 4) is 5.75 Å². The SMILES string of the molecule is Cc1ccc(OC2CCCOC2)c(S(N)(=O)=O)c1. The van der Waals surface area contributed by atoms with Crippen molar-refractivity contribution in [3.63, 3.8) is 0 Å². The van der Waals surface area contributed by atoms with Gasteiger partial charge in [0.25, 0.3) is 0 Å². The van der Waals surface area contributed by atoms with Crippen LogP contribution in [-0.4, -0.2) is 27.7 Å².